The summed E-state index contributed by atoms with van der Waals surface area (Å²) < 4.78 is 10.0. The number of amides is 4. The van der Waals surface area contributed by atoms with Crippen molar-refractivity contribution in [2.75, 3.05) is 26.3 Å². The van der Waals surface area contributed by atoms with Crippen LogP contribution in [0.4, 0.5) is 4.79 Å². The largest absolute Gasteiger partial charge is 0.466 e. The molecular formula is C26H36N4O8. The van der Waals surface area contributed by atoms with Crippen molar-refractivity contribution in [3.63, 3.8) is 0 Å². The van der Waals surface area contributed by atoms with Gasteiger partial charge in [0.25, 0.3) is 0 Å². The van der Waals surface area contributed by atoms with Crippen LogP contribution in [-0.4, -0.2) is 77.7 Å². The van der Waals surface area contributed by atoms with E-state index in [9.17, 15) is 29.1 Å². The number of terminal acetylenes is 1. The molecule has 0 aliphatic heterocycles. The minimum Gasteiger partial charge on any atom is -0.466 e. The SMILES string of the molecule is C#Cc1ccc(C(C(=O)NCCC(=O)OCC)N(CCO)C(=O)C(CC(N)=O)NC(=O)OC(C)(C)C)cc1. The van der Waals surface area contributed by atoms with Gasteiger partial charge < -0.3 is 35.8 Å². The topological polar surface area (TPSA) is 177 Å². The molecule has 1 aromatic carbocycles. The first-order chi connectivity index (χ1) is 17.8. The summed E-state index contributed by atoms with van der Waals surface area (Å²) in [5.74, 6) is -0.504. The molecular weight excluding hydrogens is 496 g/mol. The van der Waals surface area contributed by atoms with Gasteiger partial charge in [-0.3, -0.25) is 19.2 Å². The first-order valence-corrected chi connectivity index (χ1v) is 12.0. The number of ether oxygens (including phenoxy) is 2. The number of primary amides is 1. The van der Waals surface area contributed by atoms with Gasteiger partial charge in [-0.25, -0.2) is 4.79 Å². The number of carbonyl (C=O) groups excluding carboxylic acids is 5. The van der Waals surface area contributed by atoms with Gasteiger partial charge in [-0.15, -0.1) is 6.42 Å². The van der Waals surface area contributed by atoms with Gasteiger partial charge >= 0.3 is 12.1 Å². The normalized spacial score (nSPS) is 12.3. The zero-order chi connectivity index (χ0) is 28.9. The summed E-state index contributed by atoms with van der Waals surface area (Å²) in [5.41, 5.74) is 5.27. The highest BCUT2D eigenvalue weighted by Gasteiger charge is 2.36. The lowest BCUT2D eigenvalue weighted by molar-refractivity contribution is -0.145. The first-order valence-electron chi connectivity index (χ1n) is 12.0. The average molecular weight is 533 g/mol. The van der Waals surface area contributed by atoms with Gasteiger partial charge in [0.2, 0.25) is 17.7 Å². The smallest absolute Gasteiger partial charge is 0.408 e. The number of benzene rings is 1. The van der Waals surface area contributed by atoms with Crippen LogP contribution in [0.15, 0.2) is 24.3 Å². The van der Waals surface area contributed by atoms with Gasteiger partial charge in [0.1, 0.15) is 17.7 Å². The second-order valence-corrected chi connectivity index (χ2v) is 9.14. The van der Waals surface area contributed by atoms with Crippen LogP contribution < -0.4 is 16.4 Å². The van der Waals surface area contributed by atoms with E-state index in [1.165, 1.54) is 12.1 Å². The van der Waals surface area contributed by atoms with Crippen molar-refractivity contribution in [1.29, 1.82) is 0 Å². The van der Waals surface area contributed by atoms with E-state index >= 15 is 0 Å². The summed E-state index contributed by atoms with van der Waals surface area (Å²) in [6.07, 6.45) is 3.74. The zero-order valence-corrected chi connectivity index (χ0v) is 22.1. The lowest BCUT2D eigenvalue weighted by atomic mass is 10.0. The van der Waals surface area contributed by atoms with Crippen LogP contribution >= 0.6 is 0 Å². The molecule has 2 atom stereocenters. The van der Waals surface area contributed by atoms with E-state index in [1.807, 2.05) is 0 Å². The molecule has 0 fully saturated rings. The van der Waals surface area contributed by atoms with Crippen LogP contribution in [0.25, 0.3) is 0 Å². The van der Waals surface area contributed by atoms with Crippen molar-refractivity contribution >= 4 is 29.8 Å². The van der Waals surface area contributed by atoms with E-state index < -0.39 is 60.5 Å². The average Bonchev–Trinajstić information content (AvgIpc) is 2.82. The standard InChI is InChI=1S/C26H36N4O8/c1-6-17-8-10-18(11-9-17)22(23(34)28-13-12-21(33)37-7-2)30(14-15-31)24(35)19(16-20(27)32)29-25(36)38-26(3,4)5/h1,8-11,19,22,31H,7,12-16H2,2-5H3,(H2,27,32)(H,28,34)(H,29,36). The molecule has 0 aliphatic carbocycles. The molecule has 0 aromatic heterocycles. The molecule has 38 heavy (non-hydrogen) atoms. The van der Waals surface area contributed by atoms with Crippen molar-refractivity contribution in [3.8, 4) is 12.3 Å². The fraction of sp³-hybridized carbons (Fsp3) is 0.500. The fourth-order valence-electron chi connectivity index (χ4n) is 3.38. The lowest BCUT2D eigenvalue weighted by Gasteiger charge is -2.34. The molecule has 5 N–H and O–H groups in total. The van der Waals surface area contributed by atoms with Crippen molar-refractivity contribution in [3.05, 3.63) is 35.4 Å². The number of aliphatic hydroxyl groups excluding tert-OH is 1. The molecule has 1 aromatic rings. The number of aliphatic hydroxyl groups is 1. The molecule has 0 radical (unpaired) electrons. The maximum atomic E-state index is 13.6. The van der Waals surface area contributed by atoms with E-state index in [-0.39, 0.29) is 26.1 Å². The Bertz CT molecular complexity index is 1030. The van der Waals surface area contributed by atoms with Crippen LogP contribution in [-0.2, 0) is 28.7 Å². The highest BCUT2D eigenvalue weighted by Crippen LogP contribution is 2.23. The Balaban J connectivity index is 3.38. The number of carbonyl (C=O) groups is 5. The number of nitrogens with zero attached hydrogens (tertiary/aromatic N) is 1. The molecule has 2 unspecified atom stereocenters. The molecule has 12 nitrogen and oxygen atoms in total. The lowest BCUT2D eigenvalue weighted by Crippen LogP contribution is -2.54. The van der Waals surface area contributed by atoms with Gasteiger partial charge in [0.05, 0.1) is 26.1 Å². The van der Waals surface area contributed by atoms with Crippen molar-refractivity contribution in [1.82, 2.24) is 15.5 Å². The third kappa shape index (κ3) is 10.9. The van der Waals surface area contributed by atoms with Crippen LogP contribution in [0, 0.1) is 12.3 Å². The summed E-state index contributed by atoms with van der Waals surface area (Å²) >= 11 is 0. The summed E-state index contributed by atoms with van der Waals surface area (Å²) in [5, 5.41) is 14.6. The molecule has 12 heteroatoms. The fourth-order valence-corrected chi connectivity index (χ4v) is 3.38. The van der Waals surface area contributed by atoms with E-state index in [1.54, 1.807) is 39.8 Å². The minimum atomic E-state index is -1.49. The van der Waals surface area contributed by atoms with E-state index in [0.717, 1.165) is 4.90 Å². The Hall–Kier alpha value is -4.11. The Kier molecular flexibility index (Phi) is 12.8. The van der Waals surface area contributed by atoms with E-state index in [2.05, 4.69) is 16.6 Å². The minimum absolute atomic E-state index is 0.0847. The third-order valence-electron chi connectivity index (χ3n) is 4.91. The number of nitrogens with one attached hydrogen (secondary N) is 2. The van der Waals surface area contributed by atoms with Gasteiger partial charge in [-0.1, -0.05) is 18.1 Å². The van der Waals surface area contributed by atoms with Crippen LogP contribution in [0.3, 0.4) is 0 Å². The number of alkyl carbamates (subject to hydrolysis) is 1. The molecule has 0 bridgehead atoms. The Labute approximate surface area is 222 Å². The quantitative estimate of drug-likeness (QED) is 0.208. The predicted octanol–water partition coefficient (Wildman–Crippen LogP) is 0.368. The summed E-state index contributed by atoms with van der Waals surface area (Å²) in [6, 6.07) is 3.39. The van der Waals surface area contributed by atoms with Crippen LogP contribution in [0.1, 0.15) is 57.7 Å². The predicted molar refractivity (Wildman–Crippen MR) is 137 cm³/mol. The van der Waals surface area contributed by atoms with Crippen molar-refractivity contribution in [2.24, 2.45) is 5.73 Å². The molecule has 0 saturated heterocycles. The molecule has 0 spiro atoms. The first kappa shape index (κ1) is 31.9. The Morgan fingerprint density at radius 2 is 1.79 bits per heavy atom. The highest BCUT2D eigenvalue weighted by molar-refractivity contribution is 5.94. The third-order valence-corrected chi connectivity index (χ3v) is 4.91. The summed E-state index contributed by atoms with van der Waals surface area (Å²) in [4.78, 5) is 63.8. The monoisotopic (exact) mass is 532 g/mol. The Morgan fingerprint density at radius 3 is 2.29 bits per heavy atom. The molecule has 0 saturated carbocycles. The van der Waals surface area contributed by atoms with Crippen LogP contribution in [0.2, 0.25) is 0 Å². The van der Waals surface area contributed by atoms with Gasteiger partial charge in [0.15, 0.2) is 0 Å². The zero-order valence-electron chi connectivity index (χ0n) is 22.1. The van der Waals surface area contributed by atoms with Gasteiger partial charge in [0, 0.05) is 18.7 Å². The van der Waals surface area contributed by atoms with E-state index in [0.29, 0.717) is 11.1 Å². The highest BCUT2D eigenvalue weighted by atomic mass is 16.6. The molecule has 4 amide bonds. The number of hydrogen-bond donors (Lipinski definition) is 4. The van der Waals surface area contributed by atoms with Crippen LogP contribution in [0.5, 0.6) is 0 Å². The number of rotatable bonds is 13. The van der Waals surface area contributed by atoms with Crippen molar-refractivity contribution in [2.45, 2.75) is 58.2 Å². The number of nitrogens with two attached hydrogens (primary N) is 1. The number of esters is 1. The van der Waals surface area contributed by atoms with E-state index in [4.69, 9.17) is 21.6 Å². The number of hydrogen-bond acceptors (Lipinski definition) is 8. The maximum absolute atomic E-state index is 13.6. The maximum Gasteiger partial charge on any atom is 0.408 e. The second kappa shape index (κ2) is 15.2. The molecule has 0 heterocycles. The molecule has 1 rings (SSSR count). The Morgan fingerprint density at radius 1 is 1.16 bits per heavy atom. The molecule has 0 aliphatic rings. The molecule has 208 valence electrons. The van der Waals surface area contributed by atoms with Gasteiger partial charge in [-0.05, 0) is 45.4 Å². The van der Waals surface area contributed by atoms with Crippen molar-refractivity contribution < 1.29 is 38.6 Å². The van der Waals surface area contributed by atoms with Gasteiger partial charge in [-0.2, -0.15) is 0 Å². The second-order valence-electron chi connectivity index (χ2n) is 9.14. The summed E-state index contributed by atoms with van der Waals surface area (Å²) in [7, 11) is 0. The summed E-state index contributed by atoms with van der Waals surface area (Å²) in [6.45, 7) is 5.72.